The molecule has 3 heterocycles. The molecular weight excluding hydrogens is 446 g/mol. The van der Waals surface area contributed by atoms with Crippen LogP contribution in [0.5, 0.6) is 0 Å². The summed E-state index contributed by atoms with van der Waals surface area (Å²) in [5.74, 6) is 4.08. The van der Waals surface area contributed by atoms with Gasteiger partial charge in [0.05, 0.1) is 5.52 Å². The number of rotatable bonds is 8. The summed E-state index contributed by atoms with van der Waals surface area (Å²) in [6.07, 6.45) is 10.9. The van der Waals surface area contributed by atoms with Crippen molar-refractivity contribution in [3.63, 3.8) is 0 Å². The van der Waals surface area contributed by atoms with Gasteiger partial charge in [-0.2, -0.15) is 0 Å². The number of hydrogen-bond acceptors (Lipinski definition) is 5. The minimum Gasteiger partial charge on any atom is -0.353 e. The molecule has 1 N–H and O–H groups in total. The highest BCUT2D eigenvalue weighted by Gasteiger charge is 2.53. The number of amides is 1. The highest BCUT2D eigenvalue weighted by atomic mass is 32.1. The number of aromatic nitrogens is 4. The van der Waals surface area contributed by atoms with Crippen LogP contribution in [-0.2, 0) is 17.8 Å². The maximum atomic E-state index is 13.0. The molecule has 34 heavy (non-hydrogen) atoms. The van der Waals surface area contributed by atoms with Crippen LogP contribution >= 0.6 is 11.3 Å². The van der Waals surface area contributed by atoms with Crippen molar-refractivity contribution in [1.82, 2.24) is 24.5 Å². The minimum atomic E-state index is 0.00652. The molecule has 1 unspecified atom stereocenters. The third-order valence-corrected chi connectivity index (χ3v) is 9.86. The standard InChI is InChI=1S/C26H35N5O2S/c1-3-4-8-30-24(33)23-20(7-9-34-23)31-21(28-29-25(30)31)5-6-22(32)27-16(2)26-13-17-10-18(14-26)12-19(11-17)15-26/h7,9,16-19H,3-6,8,10-15H2,1-2H3,(H,27,32). The summed E-state index contributed by atoms with van der Waals surface area (Å²) in [6.45, 7) is 4.98. The summed E-state index contributed by atoms with van der Waals surface area (Å²) < 4.78 is 4.46. The maximum Gasteiger partial charge on any atom is 0.272 e. The van der Waals surface area contributed by atoms with E-state index >= 15 is 0 Å². The fourth-order valence-corrected chi connectivity index (χ4v) is 8.48. The molecule has 1 atom stereocenters. The van der Waals surface area contributed by atoms with E-state index in [1.807, 2.05) is 15.8 Å². The molecule has 4 saturated carbocycles. The Bertz CT molecular complexity index is 1250. The average Bonchev–Trinajstić information content (AvgIpc) is 3.44. The van der Waals surface area contributed by atoms with Gasteiger partial charge in [-0.1, -0.05) is 13.3 Å². The van der Waals surface area contributed by atoms with E-state index in [2.05, 4.69) is 29.4 Å². The number of carbonyl (C=O) groups is 1. The SMILES string of the molecule is CCCCn1c(=O)c2sccc2n2c(CCC(=O)NC(C)C34CC5CC(CC(C5)C3)C4)nnc12. The summed E-state index contributed by atoms with van der Waals surface area (Å²) >= 11 is 1.46. The van der Waals surface area contributed by atoms with Gasteiger partial charge in [0.1, 0.15) is 10.5 Å². The molecule has 0 aliphatic heterocycles. The quantitative estimate of drug-likeness (QED) is 0.511. The molecule has 3 aromatic heterocycles. The first-order valence-corrected chi connectivity index (χ1v) is 14.0. The summed E-state index contributed by atoms with van der Waals surface area (Å²) in [5, 5.41) is 14.1. The van der Waals surface area contributed by atoms with Gasteiger partial charge >= 0.3 is 0 Å². The van der Waals surface area contributed by atoms with Crippen LogP contribution in [0.25, 0.3) is 16.0 Å². The molecular formula is C26H35N5O2S. The molecule has 4 fully saturated rings. The molecule has 8 heteroatoms. The smallest absolute Gasteiger partial charge is 0.272 e. The Kier molecular flexibility index (Phi) is 5.54. The average molecular weight is 482 g/mol. The number of hydrogen-bond donors (Lipinski definition) is 1. The second-order valence-electron chi connectivity index (χ2n) is 11.3. The fourth-order valence-electron chi connectivity index (χ4n) is 7.66. The van der Waals surface area contributed by atoms with Crippen LogP contribution in [0.1, 0.15) is 77.5 Å². The van der Waals surface area contributed by atoms with Crippen molar-refractivity contribution < 1.29 is 4.79 Å². The van der Waals surface area contributed by atoms with E-state index in [0.29, 0.717) is 30.6 Å². The van der Waals surface area contributed by atoms with Crippen LogP contribution in [0.15, 0.2) is 16.2 Å². The van der Waals surface area contributed by atoms with Gasteiger partial charge in [-0.05, 0) is 86.5 Å². The first-order valence-electron chi connectivity index (χ1n) is 13.1. The van der Waals surface area contributed by atoms with Crippen LogP contribution in [0, 0.1) is 23.2 Å². The molecule has 4 aliphatic rings. The summed E-state index contributed by atoms with van der Waals surface area (Å²) in [4.78, 5) is 26.0. The first kappa shape index (κ1) is 22.3. The highest BCUT2D eigenvalue weighted by molar-refractivity contribution is 7.17. The van der Waals surface area contributed by atoms with Gasteiger partial charge in [0.25, 0.3) is 5.56 Å². The largest absolute Gasteiger partial charge is 0.353 e. The summed E-state index contributed by atoms with van der Waals surface area (Å²) in [6, 6.07) is 2.19. The van der Waals surface area contributed by atoms with E-state index in [-0.39, 0.29) is 17.5 Å². The van der Waals surface area contributed by atoms with Crippen molar-refractivity contribution in [1.29, 1.82) is 0 Å². The third-order valence-electron chi connectivity index (χ3n) is 8.97. The normalized spacial score (nSPS) is 28.7. The van der Waals surface area contributed by atoms with Crippen LogP contribution in [0.4, 0.5) is 0 Å². The summed E-state index contributed by atoms with van der Waals surface area (Å²) in [5.41, 5.74) is 1.16. The molecule has 0 radical (unpaired) electrons. The molecule has 4 bridgehead atoms. The van der Waals surface area contributed by atoms with Crippen LogP contribution in [-0.4, -0.2) is 31.1 Å². The topological polar surface area (TPSA) is 81.3 Å². The predicted octanol–water partition coefficient (Wildman–Crippen LogP) is 4.56. The van der Waals surface area contributed by atoms with Gasteiger partial charge in [-0.25, -0.2) is 0 Å². The second-order valence-corrected chi connectivity index (χ2v) is 12.2. The zero-order valence-electron chi connectivity index (χ0n) is 20.3. The van der Waals surface area contributed by atoms with E-state index in [9.17, 15) is 9.59 Å². The predicted molar refractivity (Wildman–Crippen MR) is 134 cm³/mol. The van der Waals surface area contributed by atoms with E-state index < -0.39 is 0 Å². The molecule has 4 aliphatic carbocycles. The number of unbranched alkanes of at least 4 members (excludes halogenated alkanes) is 1. The van der Waals surface area contributed by atoms with Crippen molar-refractivity contribution >= 4 is 33.2 Å². The van der Waals surface area contributed by atoms with Crippen molar-refractivity contribution in [2.75, 3.05) is 0 Å². The van der Waals surface area contributed by atoms with Gasteiger partial charge < -0.3 is 5.32 Å². The van der Waals surface area contributed by atoms with E-state index in [4.69, 9.17) is 0 Å². The van der Waals surface area contributed by atoms with Crippen molar-refractivity contribution in [2.45, 2.75) is 90.6 Å². The highest BCUT2D eigenvalue weighted by Crippen LogP contribution is 2.61. The van der Waals surface area contributed by atoms with Crippen LogP contribution in [0.3, 0.4) is 0 Å². The van der Waals surface area contributed by atoms with Crippen LogP contribution < -0.4 is 10.9 Å². The Morgan fingerprint density at radius 3 is 2.59 bits per heavy atom. The maximum absolute atomic E-state index is 13.0. The zero-order chi connectivity index (χ0) is 23.4. The lowest BCUT2D eigenvalue weighted by atomic mass is 9.48. The fraction of sp³-hybridized carbons (Fsp3) is 0.692. The van der Waals surface area contributed by atoms with Crippen molar-refractivity contribution in [3.8, 4) is 0 Å². The molecule has 0 saturated heterocycles. The monoisotopic (exact) mass is 481 g/mol. The third kappa shape index (κ3) is 3.60. The van der Waals surface area contributed by atoms with E-state index in [0.717, 1.165) is 46.6 Å². The first-order chi connectivity index (χ1) is 16.5. The summed E-state index contributed by atoms with van der Waals surface area (Å²) in [7, 11) is 0. The lowest BCUT2D eigenvalue weighted by molar-refractivity contribution is -0.125. The number of nitrogens with zero attached hydrogens (tertiary/aromatic N) is 4. The lowest BCUT2D eigenvalue weighted by Crippen LogP contribution is -2.55. The number of carbonyl (C=O) groups excluding carboxylic acids is 1. The Morgan fingerprint density at radius 1 is 1.21 bits per heavy atom. The molecule has 0 aromatic carbocycles. The molecule has 7 rings (SSSR count). The van der Waals surface area contributed by atoms with Gasteiger partial charge in [0.15, 0.2) is 0 Å². The second kappa shape index (κ2) is 8.47. The number of nitrogens with one attached hydrogen (secondary N) is 1. The Morgan fingerprint density at radius 2 is 1.91 bits per heavy atom. The number of aryl methyl sites for hydroxylation is 2. The van der Waals surface area contributed by atoms with Gasteiger partial charge in [-0.15, -0.1) is 21.5 Å². The minimum absolute atomic E-state index is 0.00652. The molecule has 7 nitrogen and oxygen atoms in total. The Balaban J connectivity index is 1.19. The van der Waals surface area contributed by atoms with E-state index in [1.165, 1.54) is 49.9 Å². The Hall–Kier alpha value is -2.22. The number of thiophene rings is 1. The molecule has 182 valence electrons. The lowest BCUT2D eigenvalue weighted by Gasteiger charge is -2.59. The van der Waals surface area contributed by atoms with Crippen molar-refractivity contribution in [3.05, 3.63) is 27.6 Å². The zero-order valence-corrected chi connectivity index (χ0v) is 21.1. The molecule has 1 amide bonds. The molecule has 0 spiro atoms. The van der Waals surface area contributed by atoms with E-state index in [1.54, 1.807) is 4.57 Å². The van der Waals surface area contributed by atoms with Crippen molar-refractivity contribution in [2.24, 2.45) is 23.2 Å². The molecule has 3 aromatic rings. The van der Waals surface area contributed by atoms with Gasteiger partial charge in [0.2, 0.25) is 11.7 Å². The van der Waals surface area contributed by atoms with Gasteiger partial charge in [-0.3, -0.25) is 18.6 Å². The number of fused-ring (bicyclic) bond motifs is 3. The van der Waals surface area contributed by atoms with Gasteiger partial charge in [0, 0.05) is 25.4 Å². The Labute approximate surface area is 203 Å². The van der Waals surface area contributed by atoms with Crippen LogP contribution in [0.2, 0.25) is 0 Å².